The van der Waals surface area contributed by atoms with E-state index in [0.29, 0.717) is 24.5 Å². The molecule has 16 heavy (non-hydrogen) atoms. The number of aliphatic hydroxyl groups excluding tert-OH is 1. The van der Waals surface area contributed by atoms with E-state index in [4.69, 9.17) is 14.6 Å². The van der Waals surface area contributed by atoms with Crippen molar-refractivity contribution in [2.75, 3.05) is 20.3 Å². The second-order valence-corrected chi connectivity index (χ2v) is 3.02. The molecule has 0 aliphatic rings. The topological polar surface area (TPSA) is 81.8 Å². The molecule has 1 aromatic rings. The van der Waals surface area contributed by atoms with Crippen molar-refractivity contribution in [1.29, 1.82) is 0 Å². The fourth-order valence-electron chi connectivity index (χ4n) is 1.14. The molecule has 0 saturated carbocycles. The molecule has 0 bridgehead atoms. The maximum Gasteiger partial charge on any atom is 0.273 e. The van der Waals surface area contributed by atoms with Crippen molar-refractivity contribution >= 4 is 5.69 Å². The van der Waals surface area contributed by atoms with Crippen LogP contribution in [-0.4, -0.2) is 30.4 Å². The van der Waals surface area contributed by atoms with Gasteiger partial charge in [0, 0.05) is 19.1 Å². The fraction of sp³-hybridized carbons (Fsp3) is 0.400. The summed E-state index contributed by atoms with van der Waals surface area (Å²) >= 11 is 0. The molecule has 0 fully saturated rings. The van der Waals surface area contributed by atoms with Gasteiger partial charge in [0.2, 0.25) is 0 Å². The van der Waals surface area contributed by atoms with Gasteiger partial charge in [-0.2, -0.15) is 0 Å². The Balaban J connectivity index is 2.80. The number of hydrogen-bond acceptors (Lipinski definition) is 5. The van der Waals surface area contributed by atoms with Gasteiger partial charge in [-0.25, -0.2) is 0 Å². The minimum Gasteiger partial charge on any atom is -0.493 e. The van der Waals surface area contributed by atoms with Crippen molar-refractivity contribution in [3.63, 3.8) is 0 Å². The Morgan fingerprint density at radius 2 is 2.19 bits per heavy atom. The van der Waals surface area contributed by atoms with Crippen LogP contribution in [0.2, 0.25) is 0 Å². The molecule has 0 aliphatic heterocycles. The molecule has 88 valence electrons. The van der Waals surface area contributed by atoms with Crippen molar-refractivity contribution in [3.05, 3.63) is 28.3 Å². The van der Waals surface area contributed by atoms with Gasteiger partial charge < -0.3 is 14.6 Å². The van der Waals surface area contributed by atoms with E-state index in [9.17, 15) is 10.1 Å². The highest BCUT2D eigenvalue weighted by Gasteiger charge is 2.11. The summed E-state index contributed by atoms with van der Waals surface area (Å²) < 4.78 is 10.3. The SMILES string of the molecule is COc1cc([N+](=O)[O-])ccc1OCCCO. The summed E-state index contributed by atoms with van der Waals surface area (Å²) in [5.74, 6) is 0.744. The molecule has 0 heterocycles. The lowest BCUT2D eigenvalue weighted by atomic mass is 10.3. The number of nitro benzene ring substituents is 1. The quantitative estimate of drug-likeness (QED) is 0.451. The Labute approximate surface area is 92.6 Å². The van der Waals surface area contributed by atoms with Crippen molar-refractivity contribution in [2.24, 2.45) is 0 Å². The van der Waals surface area contributed by atoms with Crippen molar-refractivity contribution < 1.29 is 19.5 Å². The molecule has 6 nitrogen and oxygen atoms in total. The van der Waals surface area contributed by atoms with Crippen LogP contribution in [0.4, 0.5) is 5.69 Å². The van der Waals surface area contributed by atoms with Crippen molar-refractivity contribution in [2.45, 2.75) is 6.42 Å². The average Bonchev–Trinajstić information content (AvgIpc) is 2.29. The lowest BCUT2D eigenvalue weighted by Gasteiger charge is -2.09. The number of rotatable bonds is 6. The third-order valence-corrected chi connectivity index (χ3v) is 1.92. The van der Waals surface area contributed by atoms with Gasteiger partial charge in [0.15, 0.2) is 11.5 Å². The highest BCUT2D eigenvalue weighted by molar-refractivity contribution is 5.48. The van der Waals surface area contributed by atoms with Gasteiger partial charge in [-0.3, -0.25) is 10.1 Å². The number of hydrogen-bond donors (Lipinski definition) is 1. The lowest BCUT2D eigenvalue weighted by Crippen LogP contribution is -2.01. The average molecular weight is 227 g/mol. The predicted octanol–water partition coefficient (Wildman–Crippen LogP) is 1.36. The van der Waals surface area contributed by atoms with E-state index in [1.807, 2.05) is 0 Å². The van der Waals surface area contributed by atoms with Crippen LogP contribution in [-0.2, 0) is 0 Å². The predicted molar refractivity (Wildman–Crippen MR) is 56.8 cm³/mol. The minimum absolute atomic E-state index is 0.0370. The van der Waals surface area contributed by atoms with Gasteiger partial charge in [0.25, 0.3) is 5.69 Å². The molecule has 0 saturated heterocycles. The van der Waals surface area contributed by atoms with Crippen molar-refractivity contribution in [1.82, 2.24) is 0 Å². The first-order valence-corrected chi connectivity index (χ1v) is 4.75. The normalized spacial score (nSPS) is 9.88. The molecule has 1 aromatic carbocycles. The number of ether oxygens (including phenoxy) is 2. The number of nitro groups is 1. The highest BCUT2D eigenvalue weighted by Crippen LogP contribution is 2.30. The third kappa shape index (κ3) is 3.09. The zero-order valence-electron chi connectivity index (χ0n) is 8.88. The molecule has 0 spiro atoms. The Morgan fingerprint density at radius 1 is 1.44 bits per heavy atom. The zero-order chi connectivity index (χ0) is 12.0. The van der Waals surface area contributed by atoms with Crippen LogP contribution in [0.3, 0.4) is 0 Å². The Hall–Kier alpha value is -1.82. The minimum atomic E-state index is -0.500. The van der Waals surface area contributed by atoms with E-state index in [-0.39, 0.29) is 12.3 Å². The number of benzene rings is 1. The first-order valence-electron chi connectivity index (χ1n) is 4.75. The van der Waals surface area contributed by atoms with Crippen LogP contribution in [0.1, 0.15) is 6.42 Å². The number of non-ortho nitro benzene ring substituents is 1. The monoisotopic (exact) mass is 227 g/mol. The molecule has 0 radical (unpaired) electrons. The van der Waals surface area contributed by atoms with Crippen molar-refractivity contribution in [3.8, 4) is 11.5 Å². The summed E-state index contributed by atoms with van der Waals surface area (Å²) in [6.45, 7) is 0.375. The molecule has 0 aliphatic carbocycles. The second kappa shape index (κ2) is 5.92. The summed E-state index contributed by atoms with van der Waals surface area (Å²) in [4.78, 5) is 10.0. The van der Waals surface area contributed by atoms with E-state index in [2.05, 4.69) is 0 Å². The van der Waals surface area contributed by atoms with Crippen LogP contribution in [0, 0.1) is 10.1 Å². The summed E-state index contributed by atoms with van der Waals surface area (Å²) in [5.41, 5.74) is -0.0497. The molecular weight excluding hydrogens is 214 g/mol. The Bertz CT molecular complexity index is 366. The maximum absolute atomic E-state index is 10.5. The van der Waals surface area contributed by atoms with E-state index in [1.54, 1.807) is 0 Å². The lowest BCUT2D eigenvalue weighted by molar-refractivity contribution is -0.384. The van der Waals surface area contributed by atoms with Gasteiger partial charge in [0.05, 0.1) is 24.7 Å². The van der Waals surface area contributed by atoms with Gasteiger partial charge in [-0.1, -0.05) is 0 Å². The number of nitrogens with zero attached hydrogens (tertiary/aromatic N) is 1. The number of aliphatic hydroxyl groups is 1. The fourth-order valence-corrected chi connectivity index (χ4v) is 1.14. The highest BCUT2D eigenvalue weighted by atomic mass is 16.6. The van der Waals surface area contributed by atoms with Crippen LogP contribution in [0.25, 0.3) is 0 Å². The zero-order valence-corrected chi connectivity index (χ0v) is 8.88. The molecule has 0 unspecified atom stereocenters. The van der Waals surface area contributed by atoms with Crippen LogP contribution in [0.5, 0.6) is 11.5 Å². The first-order chi connectivity index (χ1) is 7.69. The van der Waals surface area contributed by atoms with Gasteiger partial charge in [-0.05, 0) is 6.07 Å². The summed E-state index contributed by atoms with van der Waals surface area (Å²) in [6, 6.07) is 4.12. The van der Waals surface area contributed by atoms with Gasteiger partial charge >= 0.3 is 0 Å². The van der Waals surface area contributed by atoms with Crippen LogP contribution >= 0.6 is 0 Å². The standard InChI is InChI=1S/C10H13NO5/c1-15-10-7-8(11(13)14)3-4-9(10)16-6-2-5-12/h3-4,7,12H,2,5-6H2,1H3. The first kappa shape index (κ1) is 12.3. The van der Waals surface area contributed by atoms with Gasteiger partial charge in [0.1, 0.15) is 0 Å². The third-order valence-electron chi connectivity index (χ3n) is 1.92. The van der Waals surface area contributed by atoms with Gasteiger partial charge in [-0.15, -0.1) is 0 Å². The van der Waals surface area contributed by atoms with E-state index in [0.717, 1.165) is 0 Å². The molecule has 0 aromatic heterocycles. The molecule has 6 heteroatoms. The molecule has 0 amide bonds. The number of methoxy groups -OCH3 is 1. The second-order valence-electron chi connectivity index (χ2n) is 3.02. The summed E-state index contributed by atoms with van der Waals surface area (Å²) in [7, 11) is 1.41. The molecular formula is C10H13NO5. The summed E-state index contributed by atoms with van der Waals surface area (Å²) in [5, 5.41) is 19.1. The molecule has 0 atom stereocenters. The molecule has 1 N–H and O–H groups in total. The van der Waals surface area contributed by atoms with E-state index < -0.39 is 4.92 Å². The largest absolute Gasteiger partial charge is 0.493 e. The summed E-state index contributed by atoms with van der Waals surface area (Å²) in [6.07, 6.45) is 0.500. The van der Waals surface area contributed by atoms with E-state index >= 15 is 0 Å². The smallest absolute Gasteiger partial charge is 0.273 e. The van der Waals surface area contributed by atoms with Crippen LogP contribution < -0.4 is 9.47 Å². The Kier molecular flexibility index (Phi) is 4.53. The Morgan fingerprint density at radius 3 is 2.75 bits per heavy atom. The van der Waals surface area contributed by atoms with E-state index in [1.165, 1.54) is 25.3 Å². The molecule has 1 rings (SSSR count). The van der Waals surface area contributed by atoms with Crippen LogP contribution in [0.15, 0.2) is 18.2 Å². The maximum atomic E-state index is 10.5.